The topological polar surface area (TPSA) is 0 Å². The molecule has 0 atom stereocenters. The van der Waals surface area contributed by atoms with Crippen LogP contribution in [0.4, 0.5) is 0 Å². The molecule has 0 aliphatic carbocycles. The van der Waals surface area contributed by atoms with E-state index in [0.717, 1.165) is 0 Å². The van der Waals surface area contributed by atoms with Gasteiger partial charge in [0.25, 0.3) is 0 Å². The third kappa shape index (κ3) is 18.9. The minimum atomic E-state index is 1.71. The normalized spacial score (nSPS) is 7.25. The van der Waals surface area contributed by atoms with Gasteiger partial charge in [0, 0.05) is 0 Å². The summed E-state index contributed by atoms with van der Waals surface area (Å²) >= 11 is 0. The molecule has 0 N–H and O–H groups in total. The van der Waals surface area contributed by atoms with Crippen LogP contribution < -0.4 is 0 Å². The van der Waals surface area contributed by atoms with Gasteiger partial charge in [-0.15, -0.1) is 0 Å². The quantitative estimate of drug-likeness (QED) is 0.479. The summed E-state index contributed by atoms with van der Waals surface area (Å²) in [6.07, 6.45) is 7.07. The van der Waals surface area contributed by atoms with E-state index < -0.39 is 0 Å². The molecule has 0 heterocycles. The van der Waals surface area contributed by atoms with Crippen LogP contribution in [-0.2, 0) is 0 Å². The summed E-state index contributed by atoms with van der Waals surface area (Å²) in [4.78, 5) is 0. The molecule has 0 aromatic rings. The summed E-state index contributed by atoms with van der Waals surface area (Å²) in [5.41, 5.74) is 0. The first-order valence-corrected chi connectivity index (χ1v) is 2.82. The van der Waals surface area contributed by atoms with Crippen molar-refractivity contribution < 1.29 is 0 Å². The first kappa shape index (κ1) is 10.3. The molecule has 0 aromatic heterocycles. The third-order valence-electron chi connectivity index (χ3n) is 0.383. The fourth-order valence-electron chi connectivity index (χ4n) is 0.157. The van der Waals surface area contributed by atoms with Gasteiger partial charge in [-0.3, -0.25) is 0 Å². The summed E-state index contributed by atoms with van der Waals surface area (Å²) in [6.45, 7) is 10.9. The third-order valence-corrected chi connectivity index (χ3v) is 0.383. The summed E-state index contributed by atoms with van der Waals surface area (Å²) in [5.74, 6) is 0. The van der Waals surface area contributed by atoms with Crippen LogP contribution in [0.5, 0.6) is 0 Å². The Labute approximate surface area is 52.2 Å². The maximum atomic E-state index is 3.46. The fraction of sp³-hybridized carbons (Fsp3) is 0.250. The second kappa shape index (κ2) is 16.3. The van der Waals surface area contributed by atoms with Crippen molar-refractivity contribution in [2.75, 3.05) is 0 Å². The van der Waals surface area contributed by atoms with Gasteiger partial charge >= 0.3 is 0 Å². The van der Waals surface area contributed by atoms with E-state index in [1.165, 1.54) is 0 Å². The van der Waals surface area contributed by atoms with E-state index in [4.69, 9.17) is 0 Å². The largest absolute Gasteiger partial charge is 0.0991 e. The molecule has 0 aliphatic rings. The van der Waals surface area contributed by atoms with Gasteiger partial charge in [-0.05, 0) is 0 Å². The van der Waals surface area contributed by atoms with E-state index in [1.807, 2.05) is 26.0 Å². The van der Waals surface area contributed by atoms with Crippen molar-refractivity contribution >= 4 is 0 Å². The summed E-state index contributed by atoms with van der Waals surface area (Å²) in [5, 5.41) is 0. The summed E-state index contributed by atoms with van der Waals surface area (Å²) in [7, 11) is 0. The van der Waals surface area contributed by atoms with E-state index in [-0.39, 0.29) is 0 Å². The Balaban J connectivity index is 0. The lowest BCUT2D eigenvalue weighted by molar-refractivity contribution is 1.50. The molecule has 0 fully saturated rings. The van der Waals surface area contributed by atoms with Crippen molar-refractivity contribution in [3.63, 3.8) is 0 Å². The van der Waals surface area contributed by atoms with Crippen molar-refractivity contribution in [3.05, 3.63) is 37.5 Å². The Hall–Kier alpha value is -0.780. The lowest BCUT2D eigenvalue weighted by Gasteiger charge is -1.60. The van der Waals surface area contributed by atoms with Crippen molar-refractivity contribution in [2.24, 2.45) is 0 Å². The number of rotatable bonds is 2. The van der Waals surface area contributed by atoms with E-state index in [0.29, 0.717) is 0 Å². The van der Waals surface area contributed by atoms with E-state index >= 15 is 0 Å². The highest BCUT2D eigenvalue weighted by atomic mass is 13.5. The average Bonchev–Trinajstić information content (AvgIpc) is 1.88. The van der Waals surface area contributed by atoms with Crippen LogP contribution in [0.15, 0.2) is 37.5 Å². The highest BCUT2D eigenvalue weighted by molar-refractivity contribution is 5.05. The highest BCUT2D eigenvalue weighted by Crippen LogP contribution is 1.69. The summed E-state index contributed by atoms with van der Waals surface area (Å²) < 4.78 is 0. The summed E-state index contributed by atoms with van der Waals surface area (Å²) in [6, 6.07) is 0. The molecule has 0 amide bonds. The van der Waals surface area contributed by atoms with Crippen molar-refractivity contribution in [1.82, 2.24) is 0 Å². The van der Waals surface area contributed by atoms with Crippen molar-refractivity contribution in [3.8, 4) is 0 Å². The Bertz CT molecular complexity index is 58.1. The molecule has 0 spiro atoms. The van der Waals surface area contributed by atoms with Crippen molar-refractivity contribution in [2.45, 2.75) is 13.8 Å². The zero-order valence-electron chi connectivity index (χ0n) is 5.72. The van der Waals surface area contributed by atoms with Gasteiger partial charge in [0.1, 0.15) is 0 Å². The van der Waals surface area contributed by atoms with Gasteiger partial charge < -0.3 is 0 Å². The maximum Gasteiger partial charge on any atom is -0.0629 e. The molecule has 0 aromatic carbocycles. The van der Waals surface area contributed by atoms with Crippen LogP contribution >= 0.6 is 0 Å². The smallest absolute Gasteiger partial charge is 0.0629 e. The van der Waals surface area contributed by atoms with E-state index in [1.54, 1.807) is 12.2 Å². The lowest BCUT2D eigenvalue weighted by atomic mass is 10.5. The van der Waals surface area contributed by atoms with Gasteiger partial charge in [-0.25, -0.2) is 0 Å². The molecule has 0 radical (unpaired) electrons. The molecular formula is C8H14. The average molecular weight is 110 g/mol. The van der Waals surface area contributed by atoms with Crippen LogP contribution in [0.2, 0.25) is 0 Å². The Morgan fingerprint density at radius 2 is 1.12 bits per heavy atom. The molecule has 0 rings (SSSR count). The minimum Gasteiger partial charge on any atom is -0.0991 e. The van der Waals surface area contributed by atoms with Crippen LogP contribution in [-0.4, -0.2) is 0 Å². The van der Waals surface area contributed by atoms with Gasteiger partial charge in [0.05, 0.1) is 0 Å². The van der Waals surface area contributed by atoms with Crippen LogP contribution in [0.25, 0.3) is 0 Å². The number of hydrogen-bond acceptors (Lipinski definition) is 0. The Morgan fingerprint density at radius 3 is 1.25 bits per heavy atom. The lowest BCUT2D eigenvalue weighted by Crippen LogP contribution is -1.38. The molecule has 0 aliphatic heterocycles. The molecule has 0 saturated carbocycles. The molecule has 0 nitrogen and oxygen atoms in total. The maximum absolute atomic E-state index is 3.46. The van der Waals surface area contributed by atoms with Gasteiger partial charge in [0.2, 0.25) is 0 Å². The second-order valence-electron chi connectivity index (χ2n) is 0.856. The molecule has 46 valence electrons. The van der Waals surface area contributed by atoms with Crippen LogP contribution in [0.1, 0.15) is 13.8 Å². The fourth-order valence-corrected chi connectivity index (χ4v) is 0.157. The van der Waals surface area contributed by atoms with Crippen molar-refractivity contribution in [1.29, 1.82) is 0 Å². The predicted molar refractivity (Wildman–Crippen MR) is 40.9 cm³/mol. The molecule has 0 saturated heterocycles. The minimum absolute atomic E-state index is 1.71. The first-order chi connectivity index (χ1) is 3.91. The molecule has 0 heteroatoms. The van der Waals surface area contributed by atoms with E-state index in [9.17, 15) is 0 Å². The molecule has 8 heavy (non-hydrogen) atoms. The Kier molecular flexibility index (Phi) is 20.9. The molecule has 0 bridgehead atoms. The van der Waals surface area contributed by atoms with Gasteiger partial charge in [0.15, 0.2) is 0 Å². The number of allylic oxidation sites excluding steroid dienone is 4. The zero-order valence-corrected chi connectivity index (χ0v) is 5.72. The standard InChI is InChI=1S/C6H8.C2H6/c1-3-5-6-4-2;1-2/h3-6H,1-2H2;1-2H3/b6-5-;. The first-order valence-electron chi connectivity index (χ1n) is 2.82. The zero-order chi connectivity index (χ0) is 6.83. The number of hydrogen-bond donors (Lipinski definition) is 0. The molecular weight excluding hydrogens is 96.1 g/mol. The van der Waals surface area contributed by atoms with Gasteiger partial charge in [-0.1, -0.05) is 51.3 Å². The van der Waals surface area contributed by atoms with Crippen LogP contribution in [0.3, 0.4) is 0 Å². The van der Waals surface area contributed by atoms with E-state index in [2.05, 4.69) is 13.2 Å². The predicted octanol–water partition coefficient (Wildman–Crippen LogP) is 2.94. The van der Waals surface area contributed by atoms with Gasteiger partial charge in [-0.2, -0.15) is 0 Å². The van der Waals surface area contributed by atoms with Crippen LogP contribution in [0, 0.1) is 0 Å². The molecule has 0 unspecified atom stereocenters. The Morgan fingerprint density at radius 1 is 0.875 bits per heavy atom. The highest BCUT2D eigenvalue weighted by Gasteiger charge is 1.47. The second-order valence-corrected chi connectivity index (χ2v) is 0.856. The SMILES string of the molecule is C=C/C=C\C=C.CC. The monoisotopic (exact) mass is 110 g/mol.